The molecule has 11 aromatic rings. The molecule has 0 saturated heterocycles. The lowest BCUT2D eigenvalue weighted by atomic mass is 10.0. The summed E-state index contributed by atoms with van der Waals surface area (Å²) in [5, 5.41) is 8.34. The monoisotopic (exact) mass is 812 g/mol. The minimum atomic E-state index is -0.271. The number of furan rings is 2. The molecular weight excluding hydrogens is 771 g/mol. The van der Waals surface area contributed by atoms with Crippen LogP contribution in [0.2, 0.25) is 0 Å². The Morgan fingerprint density at radius 1 is 0.323 bits per heavy atom. The number of benzene rings is 9. The van der Waals surface area contributed by atoms with E-state index < -0.39 is 0 Å². The zero-order chi connectivity index (χ0) is 42.2. The summed E-state index contributed by atoms with van der Waals surface area (Å²) in [6.45, 7) is 8.75. The summed E-state index contributed by atoms with van der Waals surface area (Å²) in [5.74, 6) is 0.288. The SMILES string of the molecule is CC(C)c1ccc(N(c2ccc(F)cc2)c2ccc3cc4c(cc3c2)oc2cc3oc5cc6cc(N(c7ccc(F)cc7)c7ccc(C(C)C)cc7)ccc6cc5c3cc24)cc1. The second kappa shape index (κ2) is 14.6. The van der Waals surface area contributed by atoms with Crippen LogP contribution in [0.15, 0.2) is 179 Å². The van der Waals surface area contributed by atoms with Crippen molar-refractivity contribution in [3.05, 3.63) is 193 Å². The van der Waals surface area contributed by atoms with Crippen molar-refractivity contribution in [3.8, 4) is 0 Å². The fourth-order valence-corrected chi connectivity index (χ4v) is 8.88. The molecule has 9 aromatic carbocycles. The Morgan fingerprint density at radius 2 is 0.645 bits per heavy atom. The number of fused-ring (bicyclic) bond motifs is 8. The Labute approximate surface area is 357 Å². The first-order chi connectivity index (χ1) is 30.1. The number of halogens is 2. The fourth-order valence-electron chi connectivity index (χ4n) is 8.88. The van der Waals surface area contributed by atoms with Crippen LogP contribution in [-0.2, 0) is 0 Å². The largest absolute Gasteiger partial charge is 0.456 e. The molecule has 0 unspecified atom stereocenters. The first-order valence-electron chi connectivity index (χ1n) is 21.1. The van der Waals surface area contributed by atoms with Gasteiger partial charge in [0.15, 0.2) is 0 Å². The van der Waals surface area contributed by atoms with Gasteiger partial charge in [0, 0.05) is 61.7 Å². The molecule has 0 aliphatic rings. The van der Waals surface area contributed by atoms with Crippen LogP contribution in [0, 0.1) is 11.6 Å². The van der Waals surface area contributed by atoms with Crippen molar-refractivity contribution in [2.75, 3.05) is 9.80 Å². The van der Waals surface area contributed by atoms with E-state index in [-0.39, 0.29) is 11.6 Å². The van der Waals surface area contributed by atoms with Gasteiger partial charge in [0.2, 0.25) is 0 Å². The van der Waals surface area contributed by atoms with Crippen LogP contribution in [0.4, 0.5) is 42.9 Å². The number of rotatable bonds is 8. The summed E-state index contributed by atoms with van der Waals surface area (Å²) in [7, 11) is 0. The van der Waals surface area contributed by atoms with Crippen molar-refractivity contribution >= 4 is 99.5 Å². The van der Waals surface area contributed by atoms with Gasteiger partial charge in [-0.05, 0) is 172 Å². The van der Waals surface area contributed by atoms with Crippen molar-refractivity contribution in [1.29, 1.82) is 0 Å². The maximum Gasteiger partial charge on any atom is 0.139 e. The van der Waals surface area contributed by atoms with Gasteiger partial charge < -0.3 is 18.6 Å². The predicted octanol–water partition coefficient (Wildman–Crippen LogP) is 17.3. The number of hydrogen-bond acceptors (Lipinski definition) is 4. The van der Waals surface area contributed by atoms with Crippen molar-refractivity contribution in [3.63, 3.8) is 0 Å². The van der Waals surface area contributed by atoms with Crippen LogP contribution >= 0.6 is 0 Å². The molecule has 2 aromatic heterocycles. The number of anilines is 6. The van der Waals surface area contributed by atoms with E-state index in [1.165, 1.54) is 35.4 Å². The van der Waals surface area contributed by atoms with E-state index in [9.17, 15) is 8.78 Å². The molecule has 302 valence electrons. The third kappa shape index (κ3) is 6.51. The van der Waals surface area contributed by atoms with Gasteiger partial charge in [0.05, 0.1) is 0 Å². The van der Waals surface area contributed by atoms with Gasteiger partial charge >= 0.3 is 0 Å². The maximum atomic E-state index is 14.1. The fraction of sp³-hybridized carbons (Fsp3) is 0.107. The summed E-state index contributed by atoms with van der Waals surface area (Å²) in [6, 6.07) is 56.1. The van der Waals surface area contributed by atoms with Crippen LogP contribution in [0.1, 0.15) is 50.7 Å². The maximum absolute atomic E-state index is 14.1. The molecule has 4 nitrogen and oxygen atoms in total. The average molecular weight is 813 g/mol. The van der Waals surface area contributed by atoms with Crippen LogP contribution in [0.3, 0.4) is 0 Å². The Kier molecular flexibility index (Phi) is 8.86. The molecule has 0 amide bonds. The van der Waals surface area contributed by atoms with E-state index in [1.54, 1.807) is 0 Å². The minimum Gasteiger partial charge on any atom is -0.456 e. The normalized spacial score (nSPS) is 12.0. The van der Waals surface area contributed by atoms with Gasteiger partial charge in [-0.3, -0.25) is 0 Å². The Bertz CT molecular complexity index is 3250. The predicted molar refractivity (Wildman–Crippen MR) is 253 cm³/mol. The lowest BCUT2D eigenvalue weighted by molar-refractivity contribution is 0.627. The molecule has 0 aliphatic heterocycles. The third-order valence-corrected chi connectivity index (χ3v) is 12.3. The summed E-state index contributed by atoms with van der Waals surface area (Å²) >= 11 is 0. The zero-order valence-electron chi connectivity index (χ0n) is 34.8. The molecule has 11 rings (SSSR count). The molecule has 2 heterocycles. The lowest BCUT2D eigenvalue weighted by Gasteiger charge is -2.26. The Hall–Kier alpha value is -7.44. The van der Waals surface area contributed by atoms with Crippen LogP contribution in [0.25, 0.3) is 65.4 Å². The number of hydrogen-bond donors (Lipinski definition) is 0. The molecule has 6 heteroatoms. The van der Waals surface area contributed by atoms with Crippen molar-refractivity contribution < 1.29 is 17.6 Å². The van der Waals surface area contributed by atoms with E-state index in [2.05, 4.69) is 153 Å². The second-order valence-electron chi connectivity index (χ2n) is 16.9. The highest BCUT2D eigenvalue weighted by molar-refractivity contribution is 6.18. The highest BCUT2D eigenvalue weighted by Crippen LogP contribution is 2.43. The van der Waals surface area contributed by atoms with Gasteiger partial charge in [0.1, 0.15) is 34.0 Å². The van der Waals surface area contributed by atoms with Crippen molar-refractivity contribution in [2.24, 2.45) is 0 Å². The number of nitrogens with zero attached hydrogens (tertiary/aromatic N) is 2. The highest BCUT2D eigenvalue weighted by atomic mass is 19.1. The van der Waals surface area contributed by atoms with E-state index in [0.717, 1.165) is 99.5 Å². The van der Waals surface area contributed by atoms with Gasteiger partial charge in [-0.15, -0.1) is 0 Å². The van der Waals surface area contributed by atoms with Gasteiger partial charge in [-0.25, -0.2) is 8.78 Å². The molecule has 0 saturated carbocycles. The average Bonchev–Trinajstić information content (AvgIpc) is 3.81. The summed E-state index contributed by atoms with van der Waals surface area (Å²) in [6.07, 6.45) is 0. The first kappa shape index (κ1) is 37.6. The molecular formula is C56H42F2N2O2. The van der Waals surface area contributed by atoms with Crippen LogP contribution < -0.4 is 9.80 Å². The minimum absolute atomic E-state index is 0.271. The van der Waals surface area contributed by atoms with Gasteiger partial charge in [0.25, 0.3) is 0 Å². The lowest BCUT2D eigenvalue weighted by Crippen LogP contribution is -2.10. The second-order valence-corrected chi connectivity index (χ2v) is 16.9. The molecule has 0 fully saturated rings. The standard InChI is InChI=1S/C56H42F2N2O2/c1-33(2)35-5-15-43(16-6-35)59(45-21-11-41(57)12-22-45)47-19-9-37-27-49-51-31-52-50-28-38-10-20-48(60(46-23-13-42(58)14-24-46)44-17-7-36(8-18-44)34(3)4)26-40(38)30-54(50)62-56(52)32-55(51)61-53(49)29-39(37)25-47/h5-34H,1-4H3. The molecule has 0 aliphatic carbocycles. The quantitative estimate of drug-likeness (QED) is 0.153. The van der Waals surface area contributed by atoms with Gasteiger partial charge in [-0.1, -0.05) is 64.1 Å². The smallest absolute Gasteiger partial charge is 0.139 e. The molecule has 0 radical (unpaired) electrons. The van der Waals surface area contributed by atoms with E-state index in [1.807, 2.05) is 30.3 Å². The summed E-state index contributed by atoms with van der Waals surface area (Å²) in [4.78, 5) is 4.31. The van der Waals surface area contributed by atoms with Crippen molar-refractivity contribution in [2.45, 2.75) is 39.5 Å². The molecule has 0 spiro atoms. The molecule has 0 N–H and O–H groups in total. The van der Waals surface area contributed by atoms with Crippen LogP contribution in [-0.4, -0.2) is 0 Å². The third-order valence-electron chi connectivity index (χ3n) is 12.3. The first-order valence-corrected chi connectivity index (χ1v) is 21.1. The topological polar surface area (TPSA) is 32.8 Å². The van der Waals surface area contributed by atoms with Gasteiger partial charge in [-0.2, -0.15) is 0 Å². The molecule has 0 atom stereocenters. The molecule has 0 bridgehead atoms. The van der Waals surface area contributed by atoms with Crippen LogP contribution in [0.5, 0.6) is 0 Å². The Morgan fingerprint density at radius 3 is 1.02 bits per heavy atom. The Balaban J connectivity index is 0.983. The highest BCUT2D eigenvalue weighted by Gasteiger charge is 2.19. The van der Waals surface area contributed by atoms with E-state index in [0.29, 0.717) is 11.8 Å². The molecule has 62 heavy (non-hydrogen) atoms. The van der Waals surface area contributed by atoms with E-state index >= 15 is 0 Å². The van der Waals surface area contributed by atoms with Crippen molar-refractivity contribution in [1.82, 2.24) is 0 Å². The van der Waals surface area contributed by atoms with E-state index in [4.69, 9.17) is 8.83 Å². The summed E-state index contributed by atoms with van der Waals surface area (Å²) in [5.41, 5.74) is 11.3. The summed E-state index contributed by atoms with van der Waals surface area (Å²) < 4.78 is 41.3. The zero-order valence-corrected chi connectivity index (χ0v) is 34.8.